The highest BCUT2D eigenvalue weighted by molar-refractivity contribution is 5.92. The van der Waals surface area contributed by atoms with Crippen molar-refractivity contribution in [1.29, 1.82) is 0 Å². The molecule has 0 unspecified atom stereocenters. The highest BCUT2D eigenvalue weighted by atomic mass is 19.1. The molecule has 2 heterocycles. The summed E-state index contributed by atoms with van der Waals surface area (Å²) in [5, 5.41) is 0. The maximum Gasteiger partial charge on any atom is 0.343 e. The highest BCUT2D eigenvalue weighted by Gasteiger charge is 2.15. The topological polar surface area (TPSA) is 115 Å². The molecule has 10 nitrogen and oxygen atoms in total. The standard InChI is InChI=1S/C67H81FN4O6/c1-3-5-7-9-11-17-23-52-48-69-65(70-49-52)56-29-36-60(37-30-56)74-43-19-13-15-21-45-76-63-42-33-58(67(73)78-62-40-27-55(28-41-62)54-25-34-59(68)35-26-54)47-64(63)77-46-22-16-14-20-44-75-61-38-31-57(32-39-61)66-71-50-53(51-72-66)24-18-12-10-8-6-4-2/h25-42,47-51H,3-24,43-46H2,1-2H3. The lowest BCUT2D eigenvalue weighted by Crippen LogP contribution is -2.10. The molecule has 78 heavy (non-hydrogen) atoms. The normalized spacial score (nSPS) is 11.1. The Balaban J connectivity index is 0.813. The SMILES string of the molecule is CCCCCCCCc1cnc(-c2ccc(OCCCCCCOc3ccc(C(=O)Oc4ccc(-c5ccc(F)cc5)cc4)cc3OCCCCCCOc3ccc(-c4ncc(CCCCCCCC)cn4)cc3)cc2)nc1. The van der Waals surface area contributed by atoms with Gasteiger partial charge in [0.2, 0.25) is 0 Å². The lowest BCUT2D eigenvalue weighted by atomic mass is 10.1. The van der Waals surface area contributed by atoms with E-state index >= 15 is 0 Å². The predicted octanol–water partition coefficient (Wildman–Crippen LogP) is 17.5. The summed E-state index contributed by atoms with van der Waals surface area (Å²) in [6.07, 6.45) is 32.7. The summed E-state index contributed by atoms with van der Waals surface area (Å²) in [6.45, 7) is 6.72. The first kappa shape index (κ1) is 58.5. The minimum atomic E-state index is -0.507. The highest BCUT2D eigenvalue weighted by Crippen LogP contribution is 2.31. The van der Waals surface area contributed by atoms with Crippen LogP contribution >= 0.6 is 0 Å². The van der Waals surface area contributed by atoms with Crippen molar-refractivity contribution in [3.8, 4) is 62.7 Å². The van der Waals surface area contributed by atoms with Gasteiger partial charge in [0.25, 0.3) is 0 Å². The zero-order valence-corrected chi connectivity index (χ0v) is 46.3. The molecule has 5 aromatic carbocycles. The number of aryl methyl sites for hydroxylation is 2. The van der Waals surface area contributed by atoms with Crippen LogP contribution in [0.2, 0.25) is 0 Å². The van der Waals surface area contributed by atoms with Gasteiger partial charge in [0.1, 0.15) is 23.1 Å². The van der Waals surface area contributed by atoms with Crippen molar-refractivity contribution in [2.45, 2.75) is 155 Å². The zero-order valence-electron chi connectivity index (χ0n) is 46.3. The summed E-state index contributed by atoms with van der Waals surface area (Å²) in [7, 11) is 0. The monoisotopic (exact) mass is 1060 g/mol. The molecule has 0 saturated carbocycles. The number of carbonyl (C=O) groups excluding carboxylic acids is 1. The number of hydrogen-bond acceptors (Lipinski definition) is 10. The van der Waals surface area contributed by atoms with Crippen molar-refractivity contribution in [2.75, 3.05) is 26.4 Å². The largest absolute Gasteiger partial charge is 0.494 e. The van der Waals surface area contributed by atoms with Gasteiger partial charge in [-0.3, -0.25) is 0 Å². The molecule has 7 aromatic rings. The number of hydrogen-bond donors (Lipinski definition) is 0. The second kappa shape index (κ2) is 33.9. The zero-order chi connectivity index (χ0) is 54.2. The number of carbonyl (C=O) groups is 1. The van der Waals surface area contributed by atoms with E-state index in [1.807, 2.05) is 85.5 Å². The van der Waals surface area contributed by atoms with Crippen LogP contribution < -0.4 is 23.7 Å². The maximum atomic E-state index is 13.5. The van der Waals surface area contributed by atoms with Crippen molar-refractivity contribution >= 4 is 5.97 Å². The Labute approximate surface area is 463 Å². The first-order valence-electron chi connectivity index (χ1n) is 29.0. The Bertz CT molecular complexity index is 2760. The fraction of sp³-hybridized carbons (Fsp3) is 0.418. The van der Waals surface area contributed by atoms with Crippen LogP contribution in [0.4, 0.5) is 4.39 Å². The van der Waals surface area contributed by atoms with Crippen LogP contribution in [0.5, 0.6) is 28.7 Å². The van der Waals surface area contributed by atoms with E-state index in [0.717, 1.165) is 110 Å². The molecule has 11 heteroatoms. The molecule has 0 N–H and O–H groups in total. The molecule has 7 rings (SSSR count). The van der Waals surface area contributed by atoms with E-state index in [4.69, 9.17) is 23.7 Å². The van der Waals surface area contributed by atoms with Gasteiger partial charge in [-0.15, -0.1) is 0 Å². The molecular weight excluding hydrogens is 976 g/mol. The van der Waals surface area contributed by atoms with Crippen LogP contribution in [0, 0.1) is 5.82 Å². The molecule has 0 spiro atoms. The van der Waals surface area contributed by atoms with Crippen molar-refractivity contribution in [2.24, 2.45) is 0 Å². The number of esters is 1. The van der Waals surface area contributed by atoms with Crippen LogP contribution in [0.1, 0.15) is 164 Å². The van der Waals surface area contributed by atoms with Crippen molar-refractivity contribution < 1.29 is 32.9 Å². The first-order chi connectivity index (χ1) is 38.4. The van der Waals surface area contributed by atoms with Gasteiger partial charge in [0, 0.05) is 35.9 Å². The Morgan fingerprint density at radius 2 is 0.756 bits per heavy atom. The summed E-state index contributed by atoms with van der Waals surface area (Å²) in [6, 6.07) is 34.6. The number of nitrogens with zero attached hydrogens (tertiary/aromatic N) is 4. The molecule has 0 atom stereocenters. The molecule has 0 fully saturated rings. The Morgan fingerprint density at radius 3 is 1.22 bits per heavy atom. The Morgan fingerprint density at radius 1 is 0.385 bits per heavy atom. The van der Waals surface area contributed by atoms with E-state index in [-0.39, 0.29) is 5.82 Å². The molecule has 0 aliphatic heterocycles. The van der Waals surface area contributed by atoms with Crippen LogP contribution in [0.3, 0.4) is 0 Å². The summed E-state index contributed by atoms with van der Waals surface area (Å²) < 4.78 is 43.9. The number of benzene rings is 5. The van der Waals surface area contributed by atoms with Gasteiger partial charge in [0.15, 0.2) is 23.1 Å². The van der Waals surface area contributed by atoms with E-state index in [9.17, 15) is 9.18 Å². The van der Waals surface area contributed by atoms with Crippen molar-refractivity contribution in [3.05, 3.63) is 163 Å². The van der Waals surface area contributed by atoms with E-state index < -0.39 is 5.97 Å². The maximum absolute atomic E-state index is 13.5. The molecule has 412 valence electrons. The van der Waals surface area contributed by atoms with Crippen molar-refractivity contribution in [1.82, 2.24) is 19.9 Å². The number of rotatable bonds is 37. The second-order valence-corrected chi connectivity index (χ2v) is 20.2. The lowest BCUT2D eigenvalue weighted by molar-refractivity contribution is 0.0734. The Hall–Kier alpha value is -7.14. The van der Waals surface area contributed by atoms with Crippen LogP contribution in [0.15, 0.2) is 140 Å². The third kappa shape index (κ3) is 20.7. The minimum Gasteiger partial charge on any atom is -0.494 e. The van der Waals surface area contributed by atoms with Gasteiger partial charge in [-0.25, -0.2) is 29.1 Å². The number of aromatic nitrogens is 4. The van der Waals surface area contributed by atoms with E-state index in [0.29, 0.717) is 49.2 Å². The summed E-state index contributed by atoms with van der Waals surface area (Å²) >= 11 is 0. The number of unbranched alkanes of at least 4 members (excludes halogenated alkanes) is 16. The summed E-state index contributed by atoms with van der Waals surface area (Å²) in [5.74, 6) is 3.81. The van der Waals surface area contributed by atoms with E-state index in [1.165, 1.54) is 100 Å². The van der Waals surface area contributed by atoms with E-state index in [2.05, 4.69) is 33.8 Å². The first-order valence-corrected chi connectivity index (χ1v) is 29.0. The summed E-state index contributed by atoms with van der Waals surface area (Å²) in [4.78, 5) is 31.9. The Kier molecular flexibility index (Phi) is 25.4. The molecule has 0 amide bonds. The number of halogens is 1. The quantitative estimate of drug-likeness (QED) is 0.0212. The van der Waals surface area contributed by atoms with Gasteiger partial charge < -0.3 is 23.7 Å². The number of ether oxygens (including phenoxy) is 5. The minimum absolute atomic E-state index is 0.294. The molecule has 0 saturated heterocycles. The summed E-state index contributed by atoms with van der Waals surface area (Å²) in [5.41, 5.74) is 6.44. The van der Waals surface area contributed by atoms with E-state index in [1.54, 1.807) is 42.5 Å². The molecule has 2 aromatic heterocycles. The average molecular weight is 1060 g/mol. The van der Waals surface area contributed by atoms with Crippen LogP contribution in [0.25, 0.3) is 33.9 Å². The molecule has 0 aliphatic carbocycles. The molecule has 0 bridgehead atoms. The second-order valence-electron chi connectivity index (χ2n) is 20.2. The third-order valence-corrected chi connectivity index (χ3v) is 13.8. The predicted molar refractivity (Wildman–Crippen MR) is 311 cm³/mol. The van der Waals surface area contributed by atoms with Gasteiger partial charge >= 0.3 is 5.97 Å². The van der Waals surface area contributed by atoms with Gasteiger partial charge in [-0.05, 0) is 190 Å². The van der Waals surface area contributed by atoms with Gasteiger partial charge in [0.05, 0.1) is 32.0 Å². The fourth-order valence-corrected chi connectivity index (χ4v) is 9.14. The third-order valence-electron chi connectivity index (χ3n) is 13.8. The lowest BCUT2D eigenvalue weighted by Gasteiger charge is -2.14. The average Bonchev–Trinajstić information content (AvgIpc) is 3.48. The fourth-order valence-electron chi connectivity index (χ4n) is 9.14. The molecule has 0 radical (unpaired) electrons. The van der Waals surface area contributed by atoms with Crippen molar-refractivity contribution in [3.63, 3.8) is 0 Å². The molecule has 0 aliphatic rings. The molecular formula is C67H81FN4O6. The van der Waals surface area contributed by atoms with Crippen LogP contribution in [-0.4, -0.2) is 52.3 Å². The van der Waals surface area contributed by atoms with Crippen LogP contribution in [-0.2, 0) is 12.8 Å². The smallest absolute Gasteiger partial charge is 0.343 e. The van der Waals surface area contributed by atoms with Gasteiger partial charge in [-0.1, -0.05) is 102 Å². The van der Waals surface area contributed by atoms with Gasteiger partial charge in [-0.2, -0.15) is 0 Å².